The van der Waals surface area contributed by atoms with E-state index in [0.29, 0.717) is 17.9 Å². The monoisotopic (exact) mass is 380 g/mol. The molecule has 28 heavy (non-hydrogen) atoms. The Morgan fingerprint density at radius 1 is 1.21 bits per heavy atom. The summed E-state index contributed by atoms with van der Waals surface area (Å²) < 4.78 is 5.36. The molecule has 1 atom stereocenters. The smallest absolute Gasteiger partial charge is 0.251 e. The molecule has 1 unspecified atom stereocenters. The van der Waals surface area contributed by atoms with Crippen LogP contribution < -0.4 is 19.9 Å². The minimum atomic E-state index is -0.242. The van der Waals surface area contributed by atoms with E-state index in [4.69, 9.17) is 4.74 Å². The molecule has 0 aliphatic carbocycles. The fourth-order valence-corrected chi connectivity index (χ4v) is 3.84. The first-order valence-corrected chi connectivity index (χ1v) is 9.61. The summed E-state index contributed by atoms with van der Waals surface area (Å²) in [4.78, 5) is 33.5. The normalized spacial score (nSPS) is 19.2. The summed E-state index contributed by atoms with van der Waals surface area (Å²) in [7, 11) is 1.58. The van der Waals surface area contributed by atoms with E-state index in [1.807, 2.05) is 30.3 Å². The van der Waals surface area contributed by atoms with Gasteiger partial charge < -0.3 is 19.9 Å². The summed E-state index contributed by atoms with van der Waals surface area (Å²) >= 11 is 0. The number of carbonyl (C=O) groups excluding carboxylic acids is 2. The van der Waals surface area contributed by atoms with Crippen LogP contribution in [-0.2, 0) is 4.79 Å². The van der Waals surface area contributed by atoms with Gasteiger partial charge in [0.05, 0.1) is 18.8 Å². The number of hydrogen-bond donors (Lipinski definition) is 1. The van der Waals surface area contributed by atoms with Crippen molar-refractivity contribution in [2.45, 2.75) is 25.3 Å². The fourth-order valence-electron chi connectivity index (χ4n) is 3.84. The molecule has 2 saturated heterocycles. The minimum Gasteiger partial charge on any atom is -0.495 e. The number of hydrogen-bond acceptors (Lipinski definition) is 5. The van der Waals surface area contributed by atoms with Crippen LogP contribution in [0.2, 0.25) is 0 Å². The molecule has 0 spiro atoms. The third kappa shape index (κ3) is 3.65. The van der Waals surface area contributed by atoms with Gasteiger partial charge in [0.25, 0.3) is 5.91 Å². The molecular formula is C21H24N4O3. The number of pyridine rings is 1. The second-order valence-electron chi connectivity index (χ2n) is 7.15. The van der Waals surface area contributed by atoms with E-state index in [9.17, 15) is 9.59 Å². The van der Waals surface area contributed by atoms with Crippen LogP contribution in [0.4, 0.5) is 11.5 Å². The Kier molecular flexibility index (Phi) is 5.14. The molecule has 1 aromatic heterocycles. The first-order valence-electron chi connectivity index (χ1n) is 9.61. The van der Waals surface area contributed by atoms with E-state index < -0.39 is 0 Å². The number of benzene rings is 1. The molecule has 0 bridgehead atoms. The van der Waals surface area contributed by atoms with Crippen LogP contribution in [0.3, 0.4) is 0 Å². The van der Waals surface area contributed by atoms with Crippen LogP contribution in [-0.4, -0.2) is 49.6 Å². The largest absolute Gasteiger partial charge is 0.495 e. The average Bonchev–Trinajstić information content (AvgIpc) is 3.38. The quantitative estimate of drug-likeness (QED) is 0.861. The Morgan fingerprint density at radius 3 is 2.79 bits per heavy atom. The number of para-hydroxylation sites is 2. The zero-order chi connectivity index (χ0) is 19.5. The van der Waals surface area contributed by atoms with Gasteiger partial charge in [0, 0.05) is 37.8 Å². The van der Waals surface area contributed by atoms with Crippen molar-refractivity contribution in [3.8, 4) is 5.75 Å². The highest BCUT2D eigenvalue weighted by atomic mass is 16.5. The van der Waals surface area contributed by atoms with Gasteiger partial charge in [-0.25, -0.2) is 4.98 Å². The highest BCUT2D eigenvalue weighted by Gasteiger charge is 2.33. The molecule has 7 heteroatoms. The Balaban J connectivity index is 1.44. The third-order valence-electron chi connectivity index (χ3n) is 5.27. The van der Waals surface area contributed by atoms with Crippen molar-refractivity contribution >= 4 is 23.3 Å². The van der Waals surface area contributed by atoms with E-state index in [-0.39, 0.29) is 24.3 Å². The molecule has 4 rings (SSSR count). The van der Waals surface area contributed by atoms with Crippen molar-refractivity contribution < 1.29 is 14.3 Å². The zero-order valence-corrected chi connectivity index (χ0v) is 15.9. The van der Waals surface area contributed by atoms with Crippen LogP contribution >= 0.6 is 0 Å². The molecule has 0 radical (unpaired) electrons. The molecule has 1 N–H and O–H groups in total. The second-order valence-corrected chi connectivity index (χ2v) is 7.15. The highest BCUT2D eigenvalue weighted by Crippen LogP contribution is 2.31. The first kappa shape index (κ1) is 18.3. The van der Waals surface area contributed by atoms with Crippen LogP contribution in [0.15, 0.2) is 42.6 Å². The van der Waals surface area contributed by atoms with Crippen molar-refractivity contribution in [3.05, 3.63) is 48.2 Å². The van der Waals surface area contributed by atoms with Crippen LogP contribution in [0.1, 0.15) is 29.6 Å². The summed E-state index contributed by atoms with van der Waals surface area (Å²) in [5.41, 5.74) is 1.30. The van der Waals surface area contributed by atoms with Crippen LogP contribution in [0, 0.1) is 0 Å². The number of nitrogens with zero attached hydrogens (tertiary/aromatic N) is 3. The maximum atomic E-state index is 12.7. The molecule has 2 aliphatic rings. The summed E-state index contributed by atoms with van der Waals surface area (Å²) in [6.07, 6.45) is 4.25. The lowest BCUT2D eigenvalue weighted by Gasteiger charge is -2.20. The van der Waals surface area contributed by atoms with Gasteiger partial charge in [-0.05, 0) is 37.1 Å². The maximum absolute atomic E-state index is 12.7. The molecule has 2 aromatic rings. The molecule has 7 nitrogen and oxygen atoms in total. The number of amides is 2. The molecule has 2 amide bonds. The molecule has 146 valence electrons. The van der Waals surface area contributed by atoms with Gasteiger partial charge in [-0.3, -0.25) is 9.59 Å². The topological polar surface area (TPSA) is 74.8 Å². The molecule has 0 saturated carbocycles. The molecule has 2 aliphatic heterocycles. The minimum absolute atomic E-state index is 0.0257. The van der Waals surface area contributed by atoms with Crippen molar-refractivity contribution in [2.75, 3.05) is 36.5 Å². The Morgan fingerprint density at radius 2 is 2.00 bits per heavy atom. The molecule has 3 heterocycles. The molecule has 2 fully saturated rings. The van der Waals surface area contributed by atoms with Gasteiger partial charge >= 0.3 is 0 Å². The Hall–Kier alpha value is -3.09. The van der Waals surface area contributed by atoms with Gasteiger partial charge in [-0.2, -0.15) is 0 Å². The average molecular weight is 380 g/mol. The number of rotatable bonds is 5. The lowest BCUT2D eigenvalue weighted by atomic mass is 10.2. The van der Waals surface area contributed by atoms with E-state index in [1.54, 1.807) is 24.3 Å². The van der Waals surface area contributed by atoms with Gasteiger partial charge in [0.15, 0.2) is 0 Å². The molecular weight excluding hydrogens is 356 g/mol. The number of carbonyl (C=O) groups is 2. The van der Waals surface area contributed by atoms with Crippen molar-refractivity contribution in [3.63, 3.8) is 0 Å². The lowest BCUT2D eigenvalue weighted by Crippen LogP contribution is -2.37. The highest BCUT2D eigenvalue weighted by molar-refractivity contribution is 6.00. The first-order chi connectivity index (χ1) is 13.7. The Bertz CT molecular complexity index is 879. The molecule has 1 aromatic carbocycles. The van der Waals surface area contributed by atoms with Gasteiger partial charge in [-0.15, -0.1) is 0 Å². The van der Waals surface area contributed by atoms with E-state index >= 15 is 0 Å². The standard InChI is InChI=1S/C21H24N4O3/c1-28-18-7-3-2-6-17(18)25-14-16(13-20(25)26)23-21(27)15-8-9-22-19(12-15)24-10-4-5-11-24/h2-3,6-9,12,16H,4-5,10-11,13-14H2,1H3,(H,23,27). The number of methoxy groups -OCH3 is 1. The third-order valence-corrected chi connectivity index (χ3v) is 5.27. The number of ether oxygens (including phenoxy) is 1. The van der Waals surface area contributed by atoms with E-state index in [2.05, 4.69) is 15.2 Å². The zero-order valence-electron chi connectivity index (χ0n) is 15.9. The lowest BCUT2D eigenvalue weighted by molar-refractivity contribution is -0.117. The van der Waals surface area contributed by atoms with Gasteiger partial charge in [-0.1, -0.05) is 12.1 Å². The number of aromatic nitrogens is 1. The SMILES string of the molecule is COc1ccccc1N1CC(NC(=O)c2ccnc(N3CCCC3)c2)CC1=O. The number of anilines is 2. The Labute approximate surface area is 164 Å². The van der Waals surface area contributed by atoms with E-state index in [1.165, 1.54) is 0 Å². The van der Waals surface area contributed by atoms with Gasteiger partial charge in [0.2, 0.25) is 5.91 Å². The maximum Gasteiger partial charge on any atom is 0.251 e. The van der Waals surface area contributed by atoms with E-state index in [0.717, 1.165) is 37.4 Å². The van der Waals surface area contributed by atoms with Crippen molar-refractivity contribution in [2.24, 2.45) is 0 Å². The predicted octanol–water partition coefficient (Wildman–Crippen LogP) is 2.23. The van der Waals surface area contributed by atoms with Crippen molar-refractivity contribution in [1.29, 1.82) is 0 Å². The van der Waals surface area contributed by atoms with Crippen molar-refractivity contribution in [1.82, 2.24) is 10.3 Å². The summed E-state index contributed by atoms with van der Waals surface area (Å²) in [5.74, 6) is 1.28. The summed E-state index contributed by atoms with van der Waals surface area (Å²) in [6, 6.07) is 10.7. The summed E-state index contributed by atoms with van der Waals surface area (Å²) in [6.45, 7) is 2.38. The van der Waals surface area contributed by atoms with Crippen LogP contribution in [0.25, 0.3) is 0 Å². The van der Waals surface area contributed by atoms with Crippen LogP contribution in [0.5, 0.6) is 5.75 Å². The van der Waals surface area contributed by atoms with Gasteiger partial charge in [0.1, 0.15) is 11.6 Å². The summed E-state index contributed by atoms with van der Waals surface area (Å²) in [5, 5.41) is 2.99. The second kappa shape index (κ2) is 7.88. The predicted molar refractivity (Wildman–Crippen MR) is 107 cm³/mol. The fraction of sp³-hybridized carbons (Fsp3) is 0.381. The number of nitrogens with one attached hydrogen (secondary N) is 1.